The summed E-state index contributed by atoms with van der Waals surface area (Å²) in [5, 5.41) is 9.08. The SMILES string of the molecule is C=C(Cn1c(-c2ccccc2)nc2ccccc21)C(=O)O. The molecule has 4 heteroatoms. The van der Waals surface area contributed by atoms with Gasteiger partial charge in [0.2, 0.25) is 0 Å². The van der Waals surface area contributed by atoms with E-state index in [2.05, 4.69) is 11.6 Å². The maximum absolute atomic E-state index is 11.1. The quantitative estimate of drug-likeness (QED) is 0.745. The Bertz CT molecular complexity index is 819. The van der Waals surface area contributed by atoms with E-state index < -0.39 is 5.97 Å². The van der Waals surface area contributed by atoms with E-state index >= 15 is 0 Å². The highest BCUT2D eigenvalue weighted by molar-refractivity contribution is 5.87. The molecule has 0 amide bonds. The maximum Gasteiger partial charge on any atom is 0.332 e. The van der Waals surface area contributed by atoms with Crippen molar-refractivity contribution < 1.29 is 9.90 Å². The molecule has 4 nitrogen and oxygen atoms in total. The number of carbonyl (C=O) groups is 1. The first-order valence-electron chi connectivity index (χ1n) is 6.58. The molecule has 3 aromatic rings. The van der Waals surface area contributed by atoms with Gasteiger partial charge in [-0.15, -0.1) is 0 Å². The number of carboxylic acids is 1. The number of hydrogen-bond acceptors (Lipinski definition) is 2. The first kappa shape index (κ1) is 13.1. The van der Waals surface area contributed by atoms with Crippen LogP contribution >= 0.6 is 0 Å². The van der Waals surface area contributed by atoms with Gasteiger partial charge in [0, 0.05) is 11.1 Å². The number of aliphatic carboxylic acids is 1. The molecule has 0 bridgehead atoms. The van der Waals surface area contributed by atoms with Gasteiger partial charge in [-0.25, -0.2) is 9.78 Å². The van der Waals surface area contributed by atoms with E-state index in [4.69, 9.17) is 5.11 Å². The second kappa shape index (κ2) is 5.25. The standard InChI is InChI=1S/C17H14N2O2/c1-12(17(20)21)11-19-15-10-6-5-9-14(15)18-16(19)13-7-3-2-4-8-13/h2-10H,1,11H2,(H,20,21). The van der Waals surface area contributed by atoms with E-state index in [1.807, 2.05) is 59.2 Å². The molecule has 0 aliphatic rings. The van der Waals surface area contributed by atoms with E-state index in [-0.39, 0.29) is 12.1 Å². The van der Waals surface area contributed by atoms with E-state index in [1.165, 1.54) is 0 Å². The lowest BCUT2D eigenvalue weighted by molar-refractivity contribution is -0.132. The summed E-state index contributed by atoms with van der Waals surface area (Å²) in [6, 6.07) is 17.4. The molecule has 3 rings (SSSR count). The highest BCUT2D eigenvalue weighted by atomic mass is 16.4. The molecule has 0 spiro atoms. The third-order valence-corrected chi connectivity index (χ3v) is 3.34. The number of rotatable bonds is 4. The van der Waals surface area contributed by atoms with Crippen molar-refractivity contribution in [2.75, 3.05) is 0 Å². The molecule has 0 aliphatic carbocycles. The average Bonchev–Trinajstić information content (AvgIpc) is 2.87. The third kappa shape index (κ3) is 2.43. The fourth-order valence-electron chi connectivity index (χ4n) is 2.30. The number of fused-ring (bicyclic) bond motifs is 1. The van der Waals surface area contributed by atoms with Gasteiger partial charge in [0.05, 0.1) is 17.6 Å². The normalized spacial score (nSPS) is 10.7. The molecule has 1 aromatic heterocycles. The number of nitrogens with zero attached hydrogens (tertiary/aromatic N) is 2. The van der Waals surface area contributed by atoms with E-state index in [1.54, 1.807) is 0 Å². The van der Waals surface area contributed by atoms with Crippen molar-refractivity contribution >= 4 is 17.0 Å². The van der Waals surface area contributed by atoms with Crippen LogP contribution in [0.25, 0.3) is 22.4 Å². The summed E-state index contributed by atoms with van der Waals surface area (Å²) in [5.74, 6) is -0.244. The highest BCUT2D eigenvalue weighted by Crippen LogP contribution is 2.25. The molecule has 0 saturated carbocycles. The monoisotopic (exact) mass is 278 g/mol. The average molecular weight is 278 g/mol. The van der Waals surface area contributed by atoms with E-state index in [9.17, 15) is 4.79 Å². The highest BCUT2D eigenvalue weighted by Gasteiger charge is 2.14. The Morgan fingerprint density at radius 1 is 1.10 bits per heavy atom. The van der Waals surface area contributed by atoms with Crippen molar-refractivity contribution in [2.24, 2.45) is 0 Å². The van der Waals surface area contributed by atoms with Crippen LogP contribution in [0.1, 0.15) is 0 Å². The van der Waals surface area contributed by atoms with Gasteiger partial charge in [0.15, 0.2) is 0 Å². The minimum absolute atomic E-state index is 0.135. The largest absolute Gasteiger partial charge is 0.478 e. The second-order valence-electron chi connectivity index (χ2n) is 4.79. The van der Waals surface area contributed by atoms with Crippen LogP contribution in [0.4, 0.5) is 0 Å². The lowest BCUT2D eigenvalue weighted by Crippen LogP contribution is -2.09. The van der Waals surface area contributed by atoms with Crippen LogP contribution in [-0.2, 0) is 11.3 Å². The van der Waals surface area contributed by atoms with Gasteiger partial charge < -0.3 is 9.67 Å². The zero-order chi connectivity index (χ0) is 14.8. The molecule has 0 atom stereocenters. The number of benzene rings is 2. The molecule has 21 heavy (non-hydrogen) atoms. The molecule has 0 aliphatic heterocycles. The van der Waals surface area contributed by atoms with Crippen molar-refractivity contribution in [3.63, 3.8) is 0 Å². The zero-order valence-corrected chi connectivity index (χ0v) is 11.4. The smallest absolute Gasteiger partial charge is 0.332 e. The first-order valence-corrected chi connectivity index (χ1v) is 6.58. The van der Waals surface area contributed by atoms with Crippen LogP contribution in [0.3, 0.4) is 0 Å². The molecular weight excluding hydrogens is 264 g/mol. The fourth-order valence-corrected chi connectivity index (χ4v) is 2.30. The molecule has 0 radical (unpaired) electrons. The number of aromatic nitrogens is 2. The number of imidazole rings is 1. The second-order valence-corrected chi connectivity index (χ2v) is 4.79. The van der Waals surface area contributed by atoms with Crippen molar-refractivity contribution in [3.8, 4) is 11.4 Å². The Balaban J connectivity index is 2.19. The van der Waals surface area contributed by atoms with Crippen molar-refractivity contribution in [1.29, 1.82) is 0 Å². The van der Waals surface area contributed by atoms with Gasteiger partial charge in [0.1, 0.15) is 5.82 Å². The summed E-state index contributed by atoms with van der Waals surface area (Å²) >= 11 is 0. The molecule has 0 saturated heterocycles. The molecule has 0 fully saturated rings. The summed E-state index contributed by atoms with van der Waals surface area (Å²) in [7, 11) is 0. The predicted molar refractivity (Wildman–Crippen MR) is 81.9 cm³/mol. The Morgan fingerprint density at radius 3 is 2.48 bits per heavy atom. The minimum atomic E-state index is -0.994. The number of carboxylic acid groups (broad SMARTS) is 1. The Kier molecular flexibility index (Phi) is 3.28. The summed E-state index contributed by atoms with van der Waals surface area (Å²) in [5.41, 5.74) is 2.83. The van der Waals surface area contributed by atoms with Crippen molar-refractivity contribution in [1.82, 2.24) is 9.55 Å². The molecule has 2 aromatic carbocycles. The summed E-state index contributed by atoms with van der Waals surface area (Å²) in [6.07, 6.45) is 0. The maximum atomic E-state index is 11.1. The van der Waals surface area contributed by atoms with Crippen LogP contribution in [0.2, 0.25) is 0 Å². The van der Waals surface area contributed by atoms with Crippen molar-refractivity contribution in [2.45, 2.75) is 6.54 Å². The predicted octanol–water partition coefficient (Wildman–Crippen LogP) is 3.34. The van der Waals surface area contributed by atoms with Crippen molar-refractivity contribution in [3.05, 3.63) is 66.7 Å². The van der Waals surface area contributed by atoms with E-state index in [0.29, 0.717) is 0 Å². The lowest BCUT2D eigenvalue weighted by atomic mass is 10.2. The first-order chi connectivity index (χ1) is 10.2. The summed E-state index contributed by atoms with van der Waals surface area (Å²) < 4.78 is 1.89. The molecule has 0 unspecified atom stereocenters. The summed E-state index contributed by atoms with van der Waals surface area (Å²) in [6.45, 7) is 3.83. The van der Waals surface area contributed by atoms with Crippen LogP contribution in [0.5, 0.6) is 0 Å². The molecule has 1 heterocycles. The topological polar surface area (TPSA) is 55.1 Å². The third-order valence-electron chi connectivity index (χ3n) is 3.34. The van der Waals surface area contributed by atoms with Crippen LogP contribution < -0.4 is 0 Å². The zero-order valence-electron chi connectivity index (χ0n) is 11.4. The molecule has 1 N–H and O–H groups in total. The van der Waals surface area contributed by atoms with Crippen LogP contribution in [-0.4, -0.2) is 20.6 Å². The number of para-hydroxylation sites is 2. The van der Waals surface area contributed by atoms with Gasteiger partial charge >= 0.3 is 5.97 Å². The Hall–Kier alpha value is -2.88. The Labute approximate surface area is 122 Å². The Morgan fingerprint density at radius 2 is 1.76 bits per heavy atom. The molecule has 104 valence electrons. The van der Waals surface area contributed by atoms with E-state index in [0.717, 1.165) is 22.4 Å². The number of hydrogen-bond donors (Lipinski definition) is 1. The molecular formula is C17H14N2O2. The minimum Gasteiger partial charge on any atom is -0.478 e. The lowest BCUT2D eigenvalue weighted by Gasteiger charge is -2.09. The van der Waals surface area contributed by atoms with Gasteiger partial charge in [-0.3, -0.25) is 0 Å². The van der Waals surface area contributed by atoms with Crippen LogP contribution in [0.15, 0.2) is 66.7 Å². The van der Waals surface area contributed by atoms with Gasteiger partial charge in [0.25, 0.3) is 0 Å². The fraction of sp³-hybridized carbons (Fsp3) is 0.0588. The van der Waals surface area contributed by atoms with Gasteiger partial charge in [-0.2, -0.15) is 0 Å². The van der Waals surface area contributed by atoms with Crippen LogP contribution in [0, 0.1) is 0 Å². The van der Waals surface area contributed by atoms with Gasteiger partial charge in [-0.1, -0.05) is 49.0 Å². The summed E-state index contributed by atoms with van der Waals surface area (Å²) in [4.78, 5) is 15.7. The van der Waals surface area contributed by atoms with Gasteiger partial charge in [-0.05, 0) is 12.1 Å².